The van der Waals surface area contributed by atoms with Gasteiger partial charge in [0.15, 0.2) is 0 Å². The standard InChI is InChI=1S/C12H17IN2O2S/c1-9-6-10(7-14)8-15(9)18(16,17)12-4-2-11(13)3-5-12/h2-5,9-10H,6-8,14H2,1H3. The number of sulfonamides is 1. The largest absolute Gasteiger partial charge is 0.330 e. The highest BCUT2D eigenvalue weighted by atomic mass is 127. The molecular formula is C12H17IN2O2S. The molecule has 1 fully saturated rings. The second kappa shape index (κ2) is 5.44. The summed E-state index contributed by atoms with van der Waals surface area (Å²) in [7, 11) is -3.37. The van der Waals surface area contributed by atoms with Gasteiger partial charge in [0.05, 0.1) is 4.90 Å². The Hall–Kier alpha value is -0.180. The van der Waals surface area contributed by atoms with E-state index in [-0.39, 0.29) is 12.0 Å². The van der Waals surface area contributed by atoms with Crippen molar-refractivity contribution in [1.29, 1.82) is 0 Å². The second-order valence-electron chi connectivity index (χ2n) is 4.72. The van der Waals surface area contributed by atoms with Crippen molar-refractivity contribution in [2.24, 2.45) is 11.7 Å². The van der Waals surface area contributed by atoms with Crippen LogP contribution in [0.25, 0.3) is 0 Å². The van der Waals surface area contributed by atoms with E-state index < -0.39 is 10.0 Å². The van der Waals surface area contributed by atoms with Gasteiger partial charge in [-0.3, -0.25) is 0 Å². The Balaban J connectivity index is 2.29. The van der Waals surface area contributed by atoms with Gasteiger partial charge in [0, 0.05) is 16.2 Å². The first-order valence-corrected chi connectivity index (χ1v) is 8.44. The van der Waals surface area contributed by atoms with Crippen molar-refractivity contribution >= 4 is 32.6 Å². The fourth-order valence-corrected chi connectivity index (χ4v) is 4.43. The highest BCUT2D eigenvalue weighted by Crippen LogP contribution is 2.29. The van der Waals surface area contributed by atoms with Gasteiger partial charge in [-0.05, 0) is 72.7 Å². The van der Waals surface area contributed by atoms with E-state index in [1.54, 1.807) is 16.4 Å². The number of hydrogen-bond donors (Lipinski definition) is 1. The number of halogens is 1. The van der Waals surface area contributed by atoms with E-state index in [1.807, 2.05) is 19.1 Å². The van der Waals surface area contributed by atoms with Crippen LogP contribution >= 0.6 is 22.6 Å². The number of nitrogens with zero attached hydrogens (tertiary/aromatic N) is 1. The minimum absolute atomic E-state index is 0.0304. The molecule has 1 aromatic carbocycles. The second-order valence-corrected chi connectivity index (χ2v) is 7.85. The van der Waals surface area contributed by atoms with Crippen molar-refractivity contribution in [3.63, 3.8) is 0 Å². The van der Waals surface area contributed by atoms with Gasteiger partial charge in [0.2, 0.25) is 10.0 Å². The summed E-state index contributed by atoms with van der Waals surface area (Å²) in [5.41, 5.74) is 5.64. The zero-order valence-electron chi connectivity index (χ0n) is 10.2. The van der Waals surface area contributed by atoms with E-state index in [0.29, 0.717) is 18.0 Å². The maximum atomic E-state index is 12.5. The fourth-order valence-electron chi connectivity index (χ4n) is 2.36. The lowest BCUT2D eigenvalue weighted by molar-refractivity contribution is 0.404. The molecule has 4 nitrogen and oxygen atoms in total. The Bertz CT molecular complexity index is 515. The summed E-state index contributed by atoms with van der Waals surface area (Å²) < 4.78 is 27.6. The topological polar surface area (TPSA) is 63.4 Å². The van der Waals surface area contributed by atoms with Crippen molar-refractivity contribution in [3.8, 4) is 0 Å². The maximum absolute atomic E-state index is 12.5. The van der Waals surface area contributed by atoms with Gasteiger partial charge in [0.1, 0.15) is 0 Å². The Morgan fingerprint density at radius 1 is 1.39 bits per heavy atom. The lowest BCUT2D eigenvalue weighted by atomic mass is 10.1. The molecule has 1 aliphatic heterocycles. The summed E-state index contributed by atoms with van der Waals surface area (Å²) in [6.07, 6.45) is 0.847. The third-order valence-corrected chi connectivity index (χ3v) is 6.07. The van der Waals surface area contributed by atoms with Crippen LogP contribution in [-0.4, -0.2) is 31.9 Å². The minimum Gasteiger partial charge on any atom is -0.330 e. The molecule has 0 aliphatic carbocycles. The highest BCUT2D eigenvalue weighted by Gasteiger charge is 2.37. The van der Waals surface area contributed by atoms with E-state index in [0.717, 1.165) is 9.99 Å². The molecule has 2 N–H and O–H groups in total. The molecule has 2 rings (SSSR count). The molecule has 0 bridgehead atoms. The first-order chi connectivity index (χ1) is 8.45. The van der Waals surface area contributed by atoms with Crippen LogP contribution in [0.15, 0.2) is 29.2 Å². The van der Waals surface area contributed by atoms with Gasteiger partial charge in [-0.15, -0.1) is 0 Å². The van der Waals surface area contributed by atoms with Gasteiger partial charge < -0.3 is 5.73 Å². The first-order valence-electron chi connectivity index (χ1n) is 5.92. The molecule has 2 atom stereocenters. The summed E-state index contributed by atoms with van der Waals surface area (Å²) in [5, 5.41) is 0. The van der Waals surface area contributed by atoms with Crippen LogP contribution in [0.4, 0.5) is 0 Å². The third kappa shape index (κ3) is 2.71. The van der Waals surface area contributed by atoms with Gasteiger partial charge >= 0.3 is 0 Å². The molecule has 1 heterocycles. The number of hydrogen-bond acceptors (Lipinski definition) is 3. The van der Waals surface area contributed by atoms with Gasteiger partial charge in [-0.25, -0.2) is 8.42 Å². The van der Waals surface area contributed by atoms with Crippen LogP contribution in [0.1, 0.15) is 13.3 Å². The molecule has 0 saturated carbocycles. The molecule has 0 spiro atoms. The van der Waals surface area contributed by atoms with E-state index >= 15 is 0 Å². The van der Waals surface area contributed by atoms with Gasteiger partial charge in [-0.1, -0.05) is 0 Å². The molecule has 18 heavy (non-hydrogen) atoms. The van der Waals surface area contributed by atoms with Crippen molar-refractivity contribution in [1.82, 2.24) is 4.31 Å². The summed E-state index contributed by atoms with van der Waals surface area (Å²) in [4.78, 5) is 0.368. The van der Waals surface area contributed by atoms with Crippen LogP contribution in [0.5, 0.6) is 0 Å². The SMILES string of the molecule is CC1CC(CN)CN1S(=O)(=O)c1ccc(I)cc1. The molecule has 1 aromatic rings. The summed E-state index contributed by atoms with van der Waals surface area (Å²) in [6, 6.07) is 6.99. The van der Waals surface area contributed by atoms with Crippen LogP contribution in [0.2, 0.25) is 0 Å². The van der Waals surface area contributed by atoms with E-state index in [1.165, 1.54) is 0 Å². The van der Waals surface area contributed by atoms with Crippen molar-refractivity contribution in [2.75, 3.05) is 13.1 Å². The molecule has 1 aliphatic rings. The Kier molecular flexibility index (Phi) is 4.30. The summed E-state index contributed by atoms with van der Waals surface area (Å²) >= 11 is 2.16. The summed E-state index contributed by atoms with van der Waals surface area (Å²) in [6.45, 7) is 3.02. The Morgan fingerprint density at radius 2 is 2.00 bits per heavy atom. The molecule has 6 heteroatoms. The first kappa shape index (κ1) is 14.2. The monoisotopic (exact) mass is 380 g/mol. The fraction of sp³-hybridized carbons (Fsp3) is 0.500. The number of rotatable bonds is 3. The highest BCUT2D eigenvalue weighted by molar-refractivity contribution is 14.1. The van der Waals surface area contributed by atoms with Crippen LogP contribution in [0.3, 0.4) is 0 Å². The smallest absolute Gasteiger partial charge is 0.243 e. The number of benzene rings is 1. The predicted molar refractivity (Wildman–Crippen MR) is 79.7 cm³/mol. The van der Waals surface area contributed by atoms with Crippen molar-refractivity contribution in [2.45, 2.75) is 24.3 Å². The number of nitrogens with two attached hydrogens (primary N) is 1. The predicted octanol–water partition coefficient (Wildman–Crippen LogP) is 1.65. The lowest BCUT2D eigenvalue weighted by Crippen LogP contribution is -2.34. The van der Waals surface area contributed by atoms with Crippen LogP contribution in [-0.2, 0) is 10.0 Å². The third-order valence-electron chi connectivity index (χ3n) is 3.36. The van der Waals surface area contributed by atoms with Crippen molar-refractivity contribution < 1.29 is 8.42 Å². The van der Waals surface area contributed by atoms with E-state index in [4.69, 9.17) is 5.73 Å². The molecular weight excluding hydrogens is 363 g/mol. The average Bonchev–Trinajstić information content (AvgIpc) is 2.72. The minimum atomic E-state index is -3.37. The molecule has 0 aromatic heterocycles. The lowest BCUT2D eigenvalue weighted by Gasteiger charge is -2.21. The van der Waals surface area contributed by atoms with Crippen molar-refractivity contribution in [3.05, 3.63) is 27.8 Å². The maximum Gasteiger partial charge on any atom is 0.243 e. The average molecular weight is 380 g/mol. The molecule has 2 unspecified atom stereocenters. The normalized spacial score (nSPS) is 25.5. The molecule has 0 radical (unpaired) electrons. The molecule has 0 amide bonds. The summed E-state index contributed by atoms with van der Waals surface area (Å²) in [5.74, 6) is 0.277. The molecule has 100 valence electrons. The zero-order valence-corrected chi connectivity index (χ0v) is 13.2. The van der Waals surface area contributed by atoms with Gasteiger partial charge in [0.25, 0.3) is 0 Å². The van der Waals surface area contributed by atoms with E-state index in [9.17, 15) is 8.42 Å². The van der Waals surface area contributed by atoms with Gasteiger partial charge in [-0.2, -0.15) is 4.31 Å². The molecule has 1 saturated heterocycles. The Morgan fingerprint density at radius 3 is 2.50 bits per heavy atom. The van der Waals surface area contributed by atoms with Crippen LogP contribution in [0, 0.1) is 9.49 Å². The Labute approximate surface area is 122 Å². The zero-order chi connectivity index (χ0) is 13.3. The van der Waals surface area contributed by atoms with E-state index in [2.05, 4.69) is 22.6 Å². The quantitative estimate of drug-likeness (QED) is 0.812. The van der Waals surface area contributed by atoms with Crippen LogP contribution < -0.4 is 5.73 Å².